The van der Waals surface area contributed by atoms with E-state index in [1.54, 1.807) is 6.21 Å². The van der Waals surface area contributed by atoms with Gasteiger partial charge in [-0.05, 0) is 43.1 Å². The van der Waals surface area contributed by atoms with Gasteiger partial charge in [-0.15, -0.1) is 0 Å². The molecule has 1 aliphatic heterocycles. The first-order valence-electron chi connectivity index (χ1n) is 6.71. The molecule has 0 saturated heterocycles. The molecule has 1 heterocycles. The molecule has 0 aromatic rings. The van der Waals surface area contributed by atoms with Crippen LogP contribution in [0.4, 0.5) is 4.39 Å². The monoisotopic (exact) mass is 237 g/mol. The Labute approximate surface area is 105 Å². The van der Waals surface area contributed by atoms with Gasteiger partial charge in [0.1, 0.15) is 5.83 Å². The minimum atomic E-state index is -0.154. The van der Waals surface area contributed by atoms with Gasteiger partial charge in [0.25, 0.3) is 0 Å². The average Bonchev–Trinajstić information content (AvgIpc) is 2.42. The molecule has 2 unspecified atom stereocenters. The Bertz CT molecular complexity index is 315. The fourth-order valence-corrected chi connectivity index (χ4v) is 1.99. The number of halogens is 1. The fourth-order valence-electron chi connectivity index (χ4n) is 1.99. The van der Waals surface area contributed by atoms with Crippen LogP contribution in [0, 0.1) is 11.8 Å². The third-order valence-corrected chi connectivity index (χ3v) is 3.69. The zero-order chi connectivity index (χ0) is 12.7. The van der Waals surface area contributed by atoms with Gasteiger partial charge in [0.05, 0.1) is 6.20 Å². The molecule has 0 spiro atoms. The molecule has 17 heavy (non-hydrogen) atoms. The van der Waals surface area contributed by atoms with E-state index in [9.17, 15) is 4.39 Å². The molecule has 0 radical (unpaired) electrons. The molecule has 2 heteroatoms. The molecule has 0 N–H and O–H groups in total. The Kier molecular flexibility index (Phi) is 6.17. The summed E-state index contributed by atoms with van der Waals surface area (Å²) < 4.78 is 13.9. The lowest BCUT2D eigenvalue weighted by atomic mass is 9.87. The van der Waals surface area contributed by atoms with E-state index < -0.39 is 0 Å². The SMILES string of the molecule is CCC(C)C(C)CC1=CCCCC=NC=C1F. The van der Waals surface area contributed by atoms with Crippen LogP contribution in [-0.2, 0) is 0 Å². The van der Waals surface area contributed by atoms with E-state index in [4.69, 9.17) is 0 Å². The van der Waals surface area contributed by atoms with Gasteiger partial charge in [-0.25, -0.2) is 4.39 Å². The molecule has 0 bridgehead atoms. The lowest BCUT2D eigenvalue weighted by molar-refractivity contribution is 0.371. The van der Waals surface area contributed by atoms with Crippen molar-refractivity contribution in [2.75, 3.05) is 0 Å². The molecule has 1 nitrogen and oxygen atoms in total. The van der Waals surface area contributed by atoms with Crippen molar-refractivity contribution < 1.29 is 4.39 Å². The molecule has 2 atom stereocenters. The van der Waals surface area contributed by atoms with Crippen molar-refractivity contribution in [3.05, 3.63) is 23.7 Å². The summed E-state index contributed by atoms with van der Waals surface area (Å²) in [4.78, 5) is 3.99. The van der Waals surface area contributed by atoms with Crippen LogP contribution in [-0.4, -0.2) is 6.21 Å². The van der Waals surface area contributed by atoms with E-state index in [1.165, 1.54) is 6.20 Å². The number of hydrogen-bond acceptors (Lipinski definition) is 1. The van der Waals surface area contributed by atoms with E-state index >= 15 is 0 Å². The molecule has 96 valence electrons. The predicted octanol–water partition coefficient (Wildman–Crippen LogP) is 5.05. The number of allylic oxidation sites excluding steroid dienone is 3. The van der Waals surface area contributed by atoms with Crippen molar-refractivity contribution in [1.82, 2.24) is 0 Å². The van der Waals surface area contributed by atoms with Gasteiger partial charge in [0.15, 0.2) is 0 Å². The van der Waals surface area contributed by atoms with Crippen molar-refractivity contribution in [1.29, 1.82) is 0 Å². The standard InChI is InChI=1S/C15H24FN/c1-4-12(2)13(3)10-14-8-6-5-7-9-17-11-15(14)16/h8-9,11-13H,4-7,10H2,1-3H3. The summed E-state index contributed by atoms with van der Waals surface area (Å²) in [5.41, 5.74) is 0.844. The van der Waals surface area contributed by atoms with Crippen LogP contribution in [0.5, 0.6) is 0 Å². The van der Waals surface area contributed by atoms with Crippen LogP contribution >= 0.6 is 0 Å². The van der Waals surface area contributed by atoms with Crippen molar-refractivity contribution in [3.8, 4) is 0 Å². The summed E-state index contributed by atoms with van der Waals surface area (Å²) in [5.74, 6) is 1.01. The average molecular weight is 237 g/mol. The van der Waals surface area contributed by atoms with Gasteiger partial charge in [-0.2, -0.15) is 0 Å². The van der Waals surface area contributed by atoms with Gasteiger partial charge in [0, 0.05) is 6.21 Å². The zero-order valence-corrected chi connectivity index (χ0v) is 11.2. The number of hydrogen-bond donors (Lipinski definition) is 0. The maximum atomic E-state index is 13.9. The highest BCUT2D eigenvalue weighted by molar-refractivity contribution is 5.58. The first-order valence-corrected chi connectivity index (χ1v) is 6.71. The van der Waals surface area contributed by atoms with E-state index in [0.717, 1.165) is 37.7 Å². The molecule has 0 aromatic heterocycles. The van der Waals surface area contributed by atoms with E-state index in [-0.39, 0.29) is 5.83 Å². The molecule has 1 rings (SSSR count). The minimum Gasteiger partial charge on any atom is -0.266 e. The van der Waals surface area contributed by atoms with Crippen molar-refractivity contribution in [2.45, 2.75) is 52.9 Å². The van der Waals surface area contributed by atoms with Crippen LogP contribution in [0.2, 0.25) is 0 Å². The van der Waals surface area contributed by atoms with Gasteiger partial charge in [-0.1, -0.05) is 33.3 Å². The molecule has 0 fully saturated rings. The Hall–Kier alpha value is -0.920. The maximum absolute atomic E-state index is 13.9. The van der Waals surface area contributed by atoms with Gasteiger partial charge >= 0.3 is 0 Å². The van der Waals surface area contributed by atoms with Gasteiger partial charge in [0.2, 0.25) is 0 Å². The highest BCUT2D eigenvalue weighted by Gasteiger charge is 2.15. The fraction of sp³-hybridized carbons (Fsp3) is 0.667. The van der Waals surface area contributed by atoms with Gasteiger partial charge in [-0.3, -0.25) is 4.99 Å². The summed E-state index contributed by atoms with van der Waals surface area (Å²) in [6, 6.07) is 0. The third kappa shape index (κ3) is 4.84. The Morgan fingerprint density at radius 2 is 2.06 bits per heavy atom. The molecular formula is C15H24FN. The zero-order valence-electron chi connectivity index (χ0n) is 11.2. The highest BCUT2D eigenvalue weighted by atomic mass is 19.1. The van der Waals surface area contributed by atoms with E-state index in [2.05, 4.69) is 31.8 Å². The largest absolute Gasteiger partial charge is 0.266 e. The first-order chi connectivity index (χ1) is 8.15. The van der Waals surface area contributed by atoms with Crippen molar-refractivity contribution in [2.24, 2.45) is 16.8 Å². The maximum Gasteiger partial charge on any atom is 0.144 e. The third-order valence-electron chi connectivity index (χ3n) is 3.69. The lowest BCUT2D eigenvalue weighted by Gasteiger charge is -2.19. The second-order valence-corrected chi connectivity index (χ2v) is 5.04. The molecule has 0 aliphatic carbocycles. The van der Waals surface area contributed by atoms with Crippen LogP contribution in [0.25, 0.3) is 0 Å². The van der Waals surface area contributed by atoms with Crippen molar-refractivity contribution >= 4 is 6.21 Å². The summed E-state index contributed by atoms with van der Waals surface area (Å²) in [6.45, 7) is 6.63. The Morgan fingerprint density at radius 3 is 2.76 bits per heavy atom. The normalized spacial score (nSPS) is 20.7. The number of aliphatic imine (C=N–C) groups is 1. The first kappa shape index (κ1) is 14.1. The number of rotatable bonds is 4. The second kappa shape index (κ2) is 7.41. The summed E-state index contributed by atoms with van der Waals surface area (Å²) >= 11 is 0. The molecule has 0 saturated carbocycles. The van der Waals surface area contributed by atoms with Crippen LogP contribution in [0.15, 0.2) is 28.7 Å². The van der Waals surface area contributed by atoms with E-state index in [1.807, 2.05) is 0 Å². The molecular weight excluding hydrogens is 213 g/mol. The minimum absolute atomic E-state index is 0.154. The summed E-state index contributed by atoms with van der Waals surface area (Å²) in [6.07, 6.45) is 10.1. The highest BCUT2D eigenvalue weighted by Crippen LogP contribution is 2.27. The number of nitrogens with zero attached hydrogens (tertiary/aromatic N) is 1. The quantitative estimate of drug-likeness (QED) is 0.648. The van der Waals surface area contributed by atoms with Crippen LogP contribution in [0.1, 0.15) is 52.9 Å². The Balaban J connectivity index is 2.71. The lowest BCUT2D eigenvalue weighted by Crippen LogP contribution is -2.08. The van der Waals surface area contributed by atoms with Crippen LogP contribution < -0.4 is 0 Å². The summed E-state index contributed by atoms with van der Waals surface area (Å²) in [5, 5.41) is 0. The van der Waals surface area contributed by atoms with Crippen LogP contribution in [0.3, 0.4) is 0 Å². The Morgan fingerprint density at radius 1 is 1.29 bits per heavy atom. The topological polar surface area (TPSA) is 12.4 Å². The van der Waals surface area contributed by atoms with Crippen molar-refractivity contribution in [3.63, 3.8) is 0 Å². The van der Waals surface area contributed by atoms with Gasteiger partial charge < -0.3 is 0 Å². The second-order valence-electron chi connectivity index (χ2n) is 5.04. The van der Waals surface area contributed by atoms with E-state index in [0.29, 0.717) is 11.8 Å². The molecule has 1 aliphatic rings. The summed E-state index contributed by atoms with van der Waals surface area (Å²) in [7, 11) is 0. The smallest absolute Gasteiger partial charge is 0.144 e. The predicted molar refractivity (Wildman–Crippen MR) is 72.9 cm³/mol. The molecule has 0 amide bonds. The molecule has 0 aromatic carbocycles.